The van der Waals surface area contributed by atoms with Crippen LogP contribution >= 0.6 is 11.3 Å². The van der Waals surface area contributed by atoms with E-state index in [1.807, 2.05) is 24.3 Å². The smallest absolute Gasteiger partial charge is 0.339 e. The number of anilines is 1. The minimum atomic E-state index is -0.504. The van der Waals surface area contributed by atoms with Crippen molar-refractivity contribution >= 4 is 39.1 Å². The Bertz CT molecular complexity index is 1380. The number of aryl methyl sites for hydroxylation is 1. The fourth-order valence-electron chi connectivity index (χ4n) is 5.34. The van der Waals surface area contributed by atoms with Gasteiger partial charge in [0, 0.05) is 16.0 Å². The summed E-state index contributed by atoms with van der Waals surface area (Å²) in [5.41, 5.74) is 4.97. The quantitative estimate of drug-likeness (QED) is 0.484. The normalized spacial score (nSPS) is 16.9. The van der Waals surface area contributed by atoms with Crippen LogP contribution in [0.4, 0.5) is 5.00 Å². The molecule has 1 unspecified atom stereocenters. The maximum absolute atomic E-state index is 13.1. The molecule has 2 aliphatic rings. The molecule has 2 aliphatic carbocycles. The molecule has 0 aliphatic heterocycles. The van der Waals surface area contributed by atoms with Gasteiger partial charge in [0.1, 0.15) is 11.1 Å². The lowest BCUT2D eigenvalue weighted by molar-refractivity contribution is -0.119. The van der Waals surface area contributed by atoms with Crippen LogP contribution in [0.1, 0.15) is 71.2 Å². The second kappa shape index (κ2) is 9.09. The van der Waals surface area contributed by atoms with Crippen molar-refractivity contribution in [3.05, 3.63) is 57.1 Å². The minimum Gasteiger partial charge on any atom is -0.452 e. The summed E-state index contributed by atoms with van der Waals surface area (Å²) in [6.07, 6.45) is 5.39. The number of hydrogen-bond acceptors (Lipinski definition) is 6. The van der Waals surface area contributed by atoms with Crippen molar-refractivity contribution in [2.75, 3.05) is 11.9 Å². The van der Waals surface area contributed by atoms with E-state index in [4.69, 9.17) is 9.72 Å². The van der Waals surface area contributed by atoms with Crippen molar-refractivity contribution in [3.8, 4) is 6.07 Å². The van der Waals surface area contributed by atoms with E-state index in [-0.39, 0.29) is 5.41 Å². The number of thiophene rings is 1. The van der Waals surface area contributed by atoms with Gasteiger partial charge in [0.05, 0.1) is 16.6 Å². The van der Waals surface area contributed by atoms with Gasteiger partial charge in [-0.25, -0.2) is 4.79 Å². The highest BCUT2D eigenvalue weighted by Crippen LogP contribution is 2.44. The first-order valence-corrected chi connectivity index (χ1v) is 13.0. The number of carbonyl (C=O) groups is 2. The number of nitrogens with zero attached hydrogens (tertiary/aromatic N) is 2. The topological polar surface area (TPSA) is 92.1 Å². The predicted octanol–water partition coefficient (Wildman–Crippen LogP) is 5.60. The summed E-state index contributed by atoms with van der Waals surface area (Å²) in [7, 11) is 0. The van der Waals surface area contributed by atoms with Crippen LogP contribution in [0.15, 0.2) is 24.3 Å². The maximum atomic E-state index is 13.1. The van der Waals surface area contributed by atoms with Crippen molar-refractivity contribution in [1.82, 2.24) is 4.98 Å². The second-order valence-electron chi connectivity index (χ2n) is 10.5. The largest absolute Gasteiger partial charge is 0.452 e. The molecule has 0 bridgehead atoms. The number of para-hydroxylation sites is 1. The number of hydrogen-bond donors (Lipinski definition) is 1. The molecule has 3 aromatic rings. The fourth-order valence-corrected chi connectivity index (χ4v) is 6.64. The molecule has 1 amide bonds. The van der Waals surface area contributed by atoms with Crippen molar-refractivity contribution in [2.24, 2.45) is 11.3 Å². The molecule has 0 spiro atoms. The number of pyridine rings is 1. The van der Waals surface area contributed by atoms with Crippen LogP contribution in [0.2, 0.25) is 0 Å². The van der Waals surface area contributed by atoms with Gasteiger partial charge < -0.3 is 10.1 Å². The number of carbonyl (C=O) groups excluding carboxylic acids is 2. The van der Waals surface area contributed by atoms with Gasteiger partial charge in [0.25, 0.3) is 5.91 Å². The summed E-state index contributed by atoms with van der Waals surface area (Å²) in [4.78, 5) is 31.7. The molecule has 5 rings (SSSR count). The number of fused-ring (bicyclic) bond motifs is 3. The number of ether oxygens (including phenoxy) is 1. The summed E-state index contributed by atoms with van der Waals surface area (Å²) < 4.78 is 5.48. The van der Waals surface area contributed by atoms with Crippen LogP contribution in [0.3, 0.4) is 0 Å². The highest BCUT2D eigenvalue weighted by Gasteiger charge is 2.32. The zero-order valence-electron chi connectivity index (χ0n) is 20.4. The third-order valence-electron chi connectivity index (χ3n) is 7.31. The highest BCUT2D eigenvalue weighted by atomic mass is 32.1. The van der Waals surface area contributed by atoms with Crippen molar-refractivity contribution in [3.63, 3.8) is 0 Å². The first-order chi connectivity index (χ1) is 16.8. The van der Waals surface area contributed by atoms with Crippen LogP contribution < -0.4 is 5.32 Å². The minimum absolute atomic E-state index is 0.198. The van der Waals surface area contributed by atoms with Gasteiger partial charge in [-0.15, -0.1) is 11.3 Å². The Morgan fingerprint density at radius 3 is 2.77 bits per heavy atom. The number of aromatic nitrogens is 1. The molecule has 180 valence electrons. The standard InChI is InChI=1S/C28H29N3O3S/c1-28(2,3)16-11-12-17-20(14-29)26(35-23(17)13-16)31-24(32)15-34-27(33)25-18-7-4-5-9-21(18)30-22-10-6-8-19(22)25/h4-5,7,9,16H,6,8,10-13,15H2,1-3H3,(H,31,32). The molecule has 7 heteroatoms. The van der Waals surface area contributed by atoms with Gasteiger partial charge in [-0.3, -0.25) is 9.78 Å². The molecule has 0 radical (unpaired) electrons. The van der Waals surface area contributed by atoms with Crippen molar-refractivity contribution in [2.45, 2.75) is 59.3 Å². The molecule has 1 aromatic carbocycles. The second-order valence-corrected chi connectivity index (χ2v) is 11.6. The Labute approximate surface area is 209 Å². The van der Waals surface area contributed by atoms with Crippen LogP contribution in [-0.4, -0.2) is 23.5 Å². The summed E-state index contributed by atoms with van der Waals surface area (Å²) in [6, 6.07) is 9.82. The third-order valence-corrected chi connectivity index (χ3v) is 8.48. The van der Waals surface area contributed by atoms with Gasteiger partial charge in [0.2, 0.25) is 0 Å². The average Bonchev–Trinajstić information content (AvgIpc) is 3.43. The van der Waals surface area contributed by atoms with Gasteiger partial charge >= 0.3 is 5.97 Å². The zero-order chi connectivity index (χ0) is 24.7. The Morgan fingerprint density at radius 2 is 2.00 bits per heavy atom. The van der Waals surface area contributed by atoms with Crippen LogP contribution in [0.5, 0.6) is 0 Å². The molecule has 6 nitrogen and oxygen atoms in total. The van der Waals surface area contributed by atoms with E-state index in [1.54, 1.807) is 0 Å². The first-order valence-electron chi connectivity index (χ1n) is 12.2. The van der Waals surface area contributed by atoms with E-state index in [1.165, 1.54) is 16.2 Å². The lowest BCUT2D eigenvalue weighted by atomic mass is 9.72. The Kier molecular flexibility index (Phi) is 6.10. The van der Waals surface area contributed by atoms with Crippen LogP contribution in [0, 0.1) is 22.7 Å². The maximum Gasteiger partial charge on any atom is 0.339 e. The lowest BCUT2D eigenvalue weighted by Crippen LogP contribution is -2.26. The van der Waals surface area contributed by atoms with E-state index in [0.717, 1.165) is 66.2 Å². The number of nitrogens with one attached hydrogen (secondary N) is 1. The predicted molar refractivity (Wildman–Crippen MR) is 137 cm³/mol. The summed E-state index contributed by atoms with van der Waals surface area (Å²) in [5, 5.41) is 13.9. The Morgan fingerprint density at radius 1 is 1.20 bits per heavy atom. The van der Waals surface area contributed by atoms with Gasteiger partial charge in [-0.2, -0.15) is 5.26 Å². The fraction of sp³-hybridized carbons (Fsp3) is 0.429. The molecular weight excluding hydrogens is 458 g/mol. The van der Waals surface area contributed by atoms with Crippen LogP contribution in [-0.2, 0) is 35.2 Å². The Hall–Kier alpha value is -3.24. The summed E-state index contributed by atoms with van der Waals surface area (Å²) in [5.74, 6) is -0.395. The molecule has 1 atom stereocenters. The number of amides is 1. The molecule has 0 saturated heterocycles. The van der Waals surface area contributed by atoms with Crippen molar-refractivity contribution in [1.29, 1.82) is 5.26 Å². The molecule has 35 heavy (non-hydrogen) atoms. The summed E-state index contributed by atoms with van der Waals surface area (Å²) >= 11 is 1.48. The van der Waals surface area contributed by atoms with E-state index < -0.39 is 18.5 Å². The molecule has 1 N–H and O–H groups in total. The first kappa shape index (κ1) is 23.5. The molecule has 2 heterocycles. The molecule has 2 aromatic heterocycles. The monoisotopic (exact) mass is 487 g/mol. The lowest BCUT2D eigenvalue weighted by Gasteiger charge is -2.33. The molecular formula is C28H29N3O3S. The third kappa shape index (κ3) is 4.43. The van der Waals surface area contributed by atoms with Gasteiger partial charge in [-0.05, 0) is 67.1 Å². The summed E-state index contributed by atoms with van der Waals surface area (Å²) in [6.45, 7) is 6.35. The number of rotatable bonds is 4. The van der Waals surface area contributed by atoms with Gasteiger partial charge in [-0.1, -0.05) is 39.0 Å². The van der Waals surface area contributed by atoms with E-state index in [0.29, 0.717) is 22.0 Å². The number of esters is 1. The highest BCUT2D eigenvalue weighted by molar-refractivity contribution is 7.16. The van der Waals surface area contributed by atoms with Crippen LogP contribution in [0.25, 0.3) is 10.9 Å². The molecule has 0 fully saturated rings. The van der Waals surface area contributed by atoms with E-state index in [2.05, 4.69) is 32.2 Å². The molecule has 0 saturated carbocycles. The zero-order valence-corrected chi connectivity index (χ0v) is 21.2. The number of benzene rings is 1. The van der Waals surface area contributed by atoms with E-state index >= 15 is 0 Å². The SMILES string of the molecule is CC(C)(C)C1CCc2c(sc(NC(=O)COC(=O)c3c4c(nc5ccccc35)CCC4)c2C#N)C1. The average molecular weight is 488 g/mol. The van der Waals surface area contributed by atoms with E-state index in [9.17, 15) is 14.9 Å². The number of nitriles is 1. The Balaban J connectivity index is 1.31. The van der Waals surface area contributed by atoms with Gasteiger partial charge in [0.15, 0.2) is 6.61 Å². The van der Waals surface area contributed by atoms with Crippen molar-refractivity contribution < 1.29 is 14.3 Å².